The quantitative estimate of drug-likeness (QED) is 0.273. The molecule has 0 saturated carbocycles. The van der Waals surface area contributed by atoms with Gasteiger partial charge in [0.1, 0.15) is 11.6 Å². The third-order valence-electron chi connectivity index (χ3n) is 7.19. The number of hydrogen-bond acceptors (Lipinski definition) is 6. The minimum atomic E-state index is -1.16. The van der Waals surface area contributed by atoms with Crippen LogP contribution in [0.2, 0.25) is 0 Å². The summed E-state index contributed by atoms with van der Waals surface area (Å²) in [5, 5.41) is 9.76. The minimum absolute atomic E-state index is 0.00829. The van der Waals surface area contributed by atoms with Crippen LogP contribution in [0.3, 0.4) is 0 Å². The summed E-state index contributed by atoms with van der Waals surface area (Å²) >= 11 is 3.64. The van der Waals surface area contributed by atoms with Crippen molar-refractivity contribution in [3.63, 3.8) is 0 Å². The normalized spacial score (nSPS) is 32.6. The standard InChI is InChI=1S/C25H39BrN2O6/c1-8-10-28(24(6,7)14-23(3,4)5)21(31)19-25-13-15(26)18(34-25)16(22(32)33-9-2)17(25)20(30)27(19)11-12-29/h8,15-19,29H,1,9-14H2,2-7H3/t15?,16-,17+,18-,19-,25+/m0/s1. The van der Waals surface area contributed by atoms with Crippen LogP contribution in [0.4, 0.5) is 0 Å². The van der Waals surface area contributed by atoms with Crippen molar-refractivity contribution in [1.29, 1.82) is 0 Å². The Kier molecular flexibility index (Phi) is 7.62. The molecule has 3 aliphatic rings. The van der Waals surface area contributed by atoms with E-state index < -0.39 is 41.1 Å². The topological polar surface area (TPSA) is 96.4 Å². The number of rotatable bonds is 9. The van der Waals surface area contributed by atoms with Crippen LogP contribution in [0.1, 0.15) is 54.4 Å². The van der Waals surface area contributed by atoms with Gasteiger partial charge in [0.15, 0.2) is 0 Å². The molecule has 1 unspecified atom stereocenters. The lowest BCUT2D eigenvalue weighted by molar-refractivity contribution is -0.155. The van der Waals surface area contributed by atoms with Gasteiger partial charge in [0.25, 0.3) is 0 Å². The molecule has 3 saturated heterocycles. The van der Waals surface area contributed by atoms with Gasteiger partial charge in [-0.05, 0) is 39.0 Å². The molecule has 0 radical (unpaired) electrons. The van der Waals surface area contributed by atoms with E-state index in [-0.39, 0.29) is 41.8 Å². The Morgan fingerprint density at radius 2 is 2.00 bits per heavy atom. The van der Waals surface area contributed by atoms with Gasteiger partial charge in [-0.15, -0.1) is 6.58 Å². The lowest BCUT2D eigenvalue weighted by Gasteiger charge is -2.45. The highest BCUT2D eigenvalue weighted by Gasteiger charge is 2.77. The van der Waals surface area contributed by atoms with Crippen LogP contribution >= 0.6 is 15.9 Å². The average molecular weight is 543 g/mol. The van der Waals surface area contributed by atoms with Gasteiger partial charge in [0, 0.05) is 23.5 Å². The van der Waals surface area contributed by atoms with Gasteiger partial charge in [-0.1, -0.05) is 42.8 Å². The Labute approximate surface area is 211 Å². The molecule has 0 aromatic rings. The van der Waals surface area contributed by atoms with Crippen molar-refractivity contribution in [2.45, 2.75) is 82.5 Å². The number of ether oxygens (including phenoxy) is 2. The average Bonchev–Trinajstić information content (AvgIpc) is 3.28. The predicted octanol–water partition coefficient (Wildman–Crippen LogP) is 2.52. The van der Waals surface area contributed by atoms with Gasteiger partial charge < -0.3 is 24.4 Å². The summed E-state index contributed by atoms with van der Waals surface area (Å²) in [5.41, 5.74) is -1.73. The summed E-state index contributed by atoms with van der Waals surface area (Å²) in [7, 11) is 0. The maximum absolute atomic E-state index is 14.3. The number of amides is 2. The van der Waals surface area contributed by atoms with Crippen molar-refractivity contribution < 1.29 is 29.0 Å². The fourth-order valence-corrected chi connectivity index (χ4v) is 7.51. The number of aliphatic hydroxyl groups excluding tert-OH is 1. The summed E-state index contributed by atoms with van der Waals surface area (Å²) in [6.07, 6.45) is 2.29. The van der Waals surface area contributed by atoms with Crippen molar-refractivity contribution in [1.82, 2.24) is 9.80 Å². The Hall–Kier alpha value is -1.45. The third kappa shape index (κ3) is 4.44. The van der Waals surface area contributed by atoms with E-state index in [1.54, 1.807) is 17.9 Å². The van der Waals surface area contributed by atoms with Gasteiger partial charge in [-0.3, -0.25) is 14.4 Å². The Balaban J connectivity index is 2.08. The maximum atomic E-state index is 14.3. The highest BCUT2D eigenvalue weighted by Crippen LogP contribution is 2.60. The largest absolute Gasteiger partial charge is 0.466 e. The van der Waals surface area contributed by atoms with Crippen molar-refractivity contribution in [3.05, 3.63) is 12.7 Å². The smallest absolute Gasteiger partial charge is 0.312 e. The first-order valence-corrected chi connectivity index (χ1v) is 13.0. The first kappa shape index (κ1) is 27.1. The molecule has 2 bridgehead atoms. The lowest BCUT2D eigenvalue weighted by atomic mass is 9.70. The number of aliphatic hydroxyl groups is 1. The molecule has 1 N–H and O–H groups in total. The second-order valence-corrected chi connectivity index (χ2v) is 12.6. The number of alkyl halides is 1. The van der Waals surface area contributed by atoms with Crippen molar-refractivity contribution >= 4 is 33.7 Å². The SMILES string of the molecule is C=CCN(C(=O)[C@@H]1N(CCO)C(=O)[C@H]2[C@H](C(=O)OCC)[C@H]3O[C@@]12CC3Br)C(C)(C)CC(C)(C)C. The molecule has 0 aromatic carbocycles. The van der Waals surface area contributed by atoms with E-state index in [4.69, 9.17) is 9.47 Å². The van der Waals surface area contributed by atoms with Crippen LogP contribution in [0.15, 0.2) is 12.7 Å². The molecule has 34 heavy (non-hydrogen) atoms. The highest BCUT2D eigenvalue weighted by atomic mass is 79.9. The number of β-amino-alcohol motifs (C(OH)–C–C–N with tert-alkyl or cyclic N) is 1. The summed E-state index contributed by atoms with van der Waals surface area (Å²) < 4.78 is 11.7. The van der Waals surface area contributed by atoms with Crippen LogP contribution in [0, 0.1) is 17.3 Å². The molecular weight excluding hydrogens is 504 g/mol. The molecule has 1 spiro atoms. The van der Waals surface area contributed by atoms with Gasteiger partial charge in [-0.2, -0.15) is 0 Å². The van der Waals surface area contributed by atoms with Crippen LogP contribution in [0.25, 0.3) is 0 Å². The van der Waals surface area contributed by atoms with E-state index >= 15 is 0 Å². The fraction of sp³-hybridized carbons (Fsp3) is 0.800. The second-order valence-electron chi connectivity index (χ2n) is 11.5. The lowest BCUT2D eigenvalue weighted by Crippen LogP contribution is -2.61. The zero-order valence-corrected chi connectivity index (χ0v) is 22.8. The molecule has 8 nitrogen and oxygen atoms in total. The number of hydrogen-bond donors (Lipinski definition) is 1. The van der Waals surface area contributed by atoms with Crippen LogP contribution in [-0.2, 0) is 23.9 Å². The molecule has 2 amide bonds. The molecule has 3 aliphatic heterocycles. The van der Waals surface area contributed by atoms with Gasteiger partial charge >= 0.3 is 5.97 Å². The van der Waals surface area contributed by atoms with Crippen molar-refractivity contribution in [3.8, 4) is 0 Å². The van der Waals surface area contributed by atoms with Crippen LogP contribution < -0.4 is 0 Å². The fourth-order valence-electron chi connectivity index (χ4n) is 6.57. The molecule has 3 heterocycles. The van der Waals surface area contributed by atoms with E-state index in [1.807, 2.05) is 13.8 Å². The number of nitrogens with zero attached hydrogens (tertiary/aromatic N) is 2. The zero-order valence-electron chi connectivity index (χ0n) is 21.2. The Morgan fingerprint density at radius 3 is 2.53 bits per heavy atom. The summed E-state index contributed by atoms with van der Waals surface area (Å²) in [6.45, 7) is 16.2. The Morgan fingerprint density at radius 1 is 1.35 bits per heavy atom. The molecule has 3 rings (SSSR count). The monoisotopic (exact) mass is 542 g/mol. The molecule has 192 valence electrons. The molecule has 0 aromatic heterocycles. The Bertz CT molecular complexity index is 840. The molecule has 0 aliphatic carbocycles. The maximum Gasteiger partial charge on any atom is 0.312 e. The first-order valence-electron chi connectivity index (χ1n) is 12.1. The number of carbonyl (C=O) groups excluding carboxylic acids is 3. The number of halogens is 1. The number of esters is 1. The minimum Gasteiger partial charge on any atom is -0.466 e. The summed E-state index contributed by atoms with van der Waals surface area (Å²) in [5.74, 6) is -2.67. The van der Waals surface area contributed by atoms with E-state index in [2.05, 4.69) is 43.3 Å². The second kappa shape index (κ2) is 9.54. The van der Waals surface area contributed by atoms with E-state index in [0.29, 0.717) is 13.0 Å². The number of likely N-dealkylation sites (tertiary alicyclic amines) is 1. The molecule has 9 heteroatoms. The predicted molar refractivity (Wildman–Crippen MR) is 131 cm³/mol. The number of carbonyl (C=O) groups is 3. The zero-order chi connectivity index (χ0) is 25.6. The molecular formula is C25H39BrN2O6. The van der Waals surface area contributed by atoms with E-state index in [1.165, 1.54) is 4.90 Å². The summed E-state index contributed by atoms with van der Waals surface area (Å²) in [4.78, 5) is 43.9. The summed E-state index contributed by atoms with van der Waals surface area (Å²) in [6, 6.07) is -0.944. The van der Waals surface area contributed by atoms with Crippen molar-refractivity contribution in [2.24, 2.45) is 17.3 Å². The van der Waals surface area contributed by atoms with Gasteiger partial charge in [-0.25, -0.2) is 0 Å². The molecule has 3 fully saturated rings. The molecule has 6 atom stereocenters. The number of fused-ring (bicyclic) bond motifs is 1. The van der Waals surface area contributed by atoms with Gasteiger partial charge in [0.2, 0.25) is 11.8 Å². The van der Waals surface area contributed by atoms with Gasteiger partial charge in [0.05, 0.1) is 31.2 Å². The van der Waals surface area contributed by atoms with Crippen LogP contribution in [0.5, 0.6) is 0 Å². The van der Waals surface area contributed by atoms with E-state index in [0.717, 1.165) is 6.42 Å². The van der Waals surface area contributed by atoms with Crippen LogP contribution in [-0.4, -0.2) is 87.1 Å². The highest BCUT2D eigenvalue weighted by molar-refractivity contribution is 9.09. The van der Waals surface area contributed by atoms with Crippen molar-refractivity contribution in [2.75, 3.05) is 26.3 Å². The first-order chi connectivity index (χ1) is 15.8. The third-order valence-corrected chi connectivity index (χ3v) is 8.04. The van der Waals surface area contributed by atoms with E-state index in [9.17, 15) is 19.5 Å².